The third kappa shape index (κ3) is 8.11. The van der Waals surface area contributed by atoms with E-state index in [2.05, 4.69) is 15.6 Å². The molecule has 0 spiro atoms. The van der Waals surface area contributed by atoms with Gasteiger partial charge in [0.2, 0.25) is 15.9 Å². The van der Waals surface area contributed by atoms with E-state index in [1.807, 2.05) is 30.3 Å². The largest absolute Gasteiger partial charge is 0.467 e. The number of amides is 2. The minimum atomic E-state index is -4.25. The van der Waals surface area contributed by atoms with E-state index in [1.54, 1.807) is 24.3 Å². The Morgan fingerprint density at radius 2 is 1.56 bits per heavy atom. The molecule has 0 saturated carbocycles. The molecule has 48 heavy (non-hydrogen) atoms. The summed E-state index contributed by atoms with van der Waals surface area (Å²) in [5, 5.41) is 5.85. The van der Waals surface area contributed by atoms with Gasteiger partial charge in [-0.05, 0) is 53.8 Å². The van der Waals surface area contributed by atoms with Gasteiger partial charge in [-0.2, -0.15) is 4.31 Å². The molecule has 1 saturated heterocycles. The van der Waals surface area contributed by atoms with Crippen LogP contribution in [-0.4, -0.2) is 61.2 Å². The maximum Gasteiger partial charge on any atom is 0.328 e. The molecule has 0 unspecified atom stereocenters. The maximum atomic E-state index is 13.9. The molecule has 0 aliphatic carbocycles. The number of methoxy groups -OCH3 is 1. The monoisotopic (exact) mass is 748 g/mol. The second kappa shape index (κ2) is 15.2. The van der Waals surface area contributed by atoms with Gasteiger partial charge in [0.1, 0.15) is 12.1 Å². The quantitative estimate of drug-likeness (QED) is 0.179. The number of esters is 1. The van der Waals surface area contributed by atoms with Crippen LogP contribution in [0.3, 0.4) is 0 Å². The van der Waals surface area contributed by atoms with Crippen LogP contribution in [0.4, 0.5) is 5.69 Å². The van der Waals surface area contributed by atoms with Crippen molar-refractivity contribution in [1.29, 1.82) is 0 Å². The van der Waals surface area contributed by atoms with Crippen molar-refractivity contribution in [2.45, 2.75) is 35.7 Å². The number of benzene rings is 3. The summed E-state index contributed by atoms with van der Waals surface area (Å²) in [5.74, 6) is -2.24. The molecular formula is C33H28Cl4N4O6S. The van der Waals surface area contributed by atoms with Crippen molar-refractivity contribution in [3.63, 3.8) is 0 Å². The number of anilines is 1. The van der Waals surface area contributed by atoms with Gasteiger partial charge < -0.3 is 15.4 Å². The van der Waals surface area contributed by atoms with E-state index in [9.17, 15) is 22.8 Å². The summed E-state index contributed by atoms with van der Waals surface area (Å²) in [6, 6.07) is 17.5. The number of ether oxygens (including phenoxy) is 1. The third-order valence-corrected chi connectivity index (χ3v) is 10.7. The summed E-state index contributed by atoms with van der Waals surface area (Å²) in [5.41, 5.74) is 1.98. The zero-order chi connectivity index (χ0) is 34.6. The zero-order valence-corrected chi connectivity index (χ0v) is 29.0. The van der Waals surface area contributed by atoms with E-state index in [0.717, 1.165) is 9.87 Å². The summed E-state index contributed by atoms with van der Waals surface area (Å²) in [4.78, 5) is 43.2. The van der Waals surface area contributed by atoms with Gasteiger partial charge in [0.05, 0.1) is 27.6 Å². The van der Waals surface area contributed by atoms with Crippen molar-refractivity contribution < 1.29 is 27.5 Å². The fraction of sp³-hybridized carbons (Fsp3) is 0.212. The van der Waals surface area contributed by atoms with Gasteiger partial charge in [-0.3, -0.25) is 14.6 Å². The minimum Gasteiger partial charge on any atom is -0.467 e. The van der Waals surface area contributed by atoms with E-state index in [0.29, 0.717) is 11.3 Å². The summed E-state index contributed by atoms with van der Waals surface area (Å²) in [6.45, 7) is 0.0144. The van der Waals surface area contributed by atoms with Crippen molar-refractivity contribution in [3.8, 4) is 0 Å². The van der Waals surface area contributed by atoms with Crippen LogP contribution in [0.15, 0.2) is 90.1 Å². The molecule has 0 radical (unpaired) electrons. The Labute approximate surface area is 297 Å². The van der Waals surface area contributed by atoms with Gasteiger partial charge in [0.15, 0.2) is 0 Å². The highest BCUT2D eigenvalue weighted by Crippen LogP contribution is 2.37. The van der Waals surface area contributed by atoms with Crippen molar-refractivity contribution >= 4 is 79.9 Å². The van der Waals surface area contributed by atoms with E-state index in [1.165, 1.54) is 37.7 Å². The molecule has 1 aliphatic rings. The Bertz CT molecular complexity index is 1910. The molecule has 15 heteroatoms. The van der Waals surface area contributed by atoms with Gasteiger partial charge in [0.25, 0.3) is 5.91 Å². The highest BCUT2D eigenvalue weighted by Gasteiger charge is 2.45. The zero-order valence-electron chi connectivity index (χ0n) is 25.2. The van der Waals surface area contributed by atoms with Crippen molar-refractivity contribution in [3.05, 3.63) is 122 Å². The number of hydrogen-bond acceptors (Lipinski definition) is 7. The second-order valence-corrected chi connectivity index (χ2v) is 14.5. The Hall–Kier alpha value is -3.71. The average molecular weight is 750 g/mol. The molecule has 4 aromatic rings. The normalized spacial score (nSPS) is 17.0. The molecule has 1 aromatic heterocycles. The highest BCUT2D eigenvalue weighted by atomic mass is 35.5. The van der Waals surface area contributed by atoms with E-state index >= 15 is 0 Å². The summed E-state index contributed by atoms with van der Waals surface area (Å²) >= 11 is 24.4. The lowest BCUT2D eigenvalue weighted by molar-refractivity contribution is -0.145. The van der Waals surface area contributed by atoms with Crippen LogP contribution in [-0.2, 0) is 30.8 Å². The fourth-order valence-corrected chi connectivity index (χ4v) is 8.38. The number of nitrogens with one attached hydrogen (secondary N) is 2. The number of hydrogen-bond donors (Lipinski definition) is 2. The van der Waals surface area contributed by atoms with Crippen LogP contribution in [0.5, 0.6) is 0 Å². The summed E-state index contributed by atoms with van der Waals surface area (Å²) in [7, 11) is -3.06. The number of sulfonamides is 1. The summed E-state index contributed by atoms with van der Waals surface area (Å²) < 4.78 is 33.9. The van der Waals surface area contributed by atoms with Crippen molar-refractivity contribution in [2.75, 3.05) is 19.0 Å². The molecule has 0 bridgehead atoms. The van der Waals surface area contributed by atoms with Gasteiger partial charge in [-0.1, -0.05) is 88.9 Å². The number of nitrogens with zero attached hydrogens (tertiary/aromatic N) is 2. The molecule has 2 N–H and O–H groups in total. The lowest BCUT2D eigenvalue weighted by Gasteiger charge is -2.25. The van der Waals surface area contributed by atoms with Crippen LogP contribution in [0, 0.1) is 0 Å². The molecule has 2 heterocycles. The molecular weight excluding hydrogens is 722 g/mol. The maximum absolute atomic E-state index is 13.9. The van der Waals surface area contributed by atoms with E-state index in [-0.39, 0.29) is 55.9 Å². The fourth-order valence-electron chi connectivity index (χ4n) is 5.47. The highest BCUT2D eigenvalue weighted by molar-refractivity contribution is 7.89. The Balaban J connectivity index is 1.36. The Kier molecular flexibility index (Phi) is 11.3. The van der Waals surface area contributed by atoms with Gasteiger partial charge in [-0.25, -0.2) is 13.2 Å². The SMILES string of the molecule is COC(=O)[C@H](Cc1ccc(NC(=O)c2c(Cl)cncc2Cl)cc1)NC(=O)[C@H]1C[C@@H](c2ccccc2)CN1S(=O)(=O)c1cc(Cl)cc(Cl)c1. The smallest absolute Gasteiger partial charge is 0.328 e. The van der Waals surface area contributed by atoms with Gasteiger partial charge >= 0.3 is 5.97 Å². The molecule has 1 fully saturated rings. The summed E-state index contributed by atoms with van der Waals surface area (Å²) in [6.07, 6.45) is 2.79. The van der Waals surface area contributed by atoms with Gasteiger partial charge in [-0.15, -0.1) is 0 Å². The molecule has 250 valence electrons. The topological polar surface area (TPSA) is 135 Å². The lowest BCUT2D eigenvalue weighted by Crippen LogP contribution is -2.51. The predicted molar refractivity (Wildman–Crippen MR) is 184 cm³/mol. The predicted octanol–water partition coefficient (Wildman–Crippen LogP) is 6.39. The number of rotatable bonds is 10. The Morgan fingerprint density at radius 1 is 0.938 bits per heavy atom. The standard InChI is InChI=1S/C33H28Cl4N4O6S/c1-47-33(44)28(11-19-7-9-24(10-8-19)39-32(43)30-26(36)16-38-17-27(30)37)40-31(42)29-12-21(20-5-3-2-4-6-20)18-41(29)48(45,46)25-14-22(34)13-23(35)15-25/h2-10,13-17,21,28-29H,11-12,18H2,1H3,(H,39,43)(H,40,42)/t21-,28+,29-/m1/s1. The van der Waals surface area contributed by atoms with Crippen LogP contribution in [0.1, 0.15) is 33.8 Å². The first kappa shape index (κ1) is 35.6. The Morgan fingerprint density at radius 3 is 2.17 bits per heavy atom. The average Bonchev–Trinajstić information content (AvgIpc) is 3.52. The lowest BCUT2D eigenvalue weighted by atomic mass is 9.96. The van der Waals surface area contributed by atoms with Crippen LogP contribution < -0.4 is 10.6 Å². The first-order valence-electron chi connectivity index (χ1n) is 14.5. The molecule has 2 amide bonds. The number of carbonyl (C=O) groups is 3. The third-order valence-electron chi connectivity index (χ3n) is 7.81. The molecule has 3 atom stereocenters. The molecule has 10 nitrogen and oxygen atoms in total. The number of halogens is 4. The first-order chi connectivity index (χ1) is 22.9. The van der Waals surface area contributed by atoms with Crippen molar-refractivity contribution in [1.82, 2.24) is 14.6 Å². The van der Waals surface area contributed by atoms with Crippen molar-refractivity contribution in [2.24, 2.45) is 0 Å². The minimum absolute atomic E-state index is 0.0140. The van der Waals surface area contributed by atoms with Gasteiger partial charge in [0, 0.05) is 41.1 Å². The van der Waals surface area contributed by atoms with Crippen LogP contribution >= 0.6 is 46.4 Å². The van der Waals surface area contributed by atoms with E-state index in [4.69, 9.17) is 51.1 Å². The number of aromatic nitrogens is 1. The molecule has 1 aliphatic heterocycles. The number of pyridine rings is 1. The first-order valence-corrected chi connectivity index (χ1v) is 17.4. The number of carbonyl (C=O) groups excluding carboxylic acids is 3. The molecule has 3 aromatic carbocycles. The van der Waals surface area contributed by atoms with E-state index < -0.39 is 39.9 Å². The second-order valence-electron chi connectivity index (χ2n) is 11.0. The van der Waals surface area contributed by atoms with Crippen LogP contribution in [0.2, 0.25) is 20.1 Å². The molecule has 5 rings (SSSR count). The van der Waals surface area contributed by atoms with Crippen LogP contribution in [0.25, 0.3) is 0 Å².